The minimum Gasteiger partial charge on any atom is -0.248 e. The lowest BCUT2D eigenvalue weighted by atomic mass is 10.1. The second-order valence-corrected chi connectivity index (χ2v) is 6.90. The van der Waals surface area contributed by atoms with E-state index in [0.717, 1.165) is 13.0 Å². The van der Waals surface area contributed by atoms with Gasteiger partial charge in [-0.25, -0.2) is 22.8 Å². The number of hydrogen-bond acceptors (Lipinski definition) is 5. The lowest BCUT2D eigenvalue weighted by molar-refractivity contribution is 0.400. The summed E-state index contributed by atoms with van der Waals surface area (Å²) in [5.41, 5.74) is 0.810. The van der Waals surface area contributed by atoms with Crippen molar-refractivity contribution in [2.45, 2.75) is 37.2 Å². The Labute approximate surface area is 128 Å². The average Bonchev–Trinajstić information content (AvgIpc) is 2.96. The third-order valence-electron chi connectivity index (χ3n) is 3.75. The van der Waals surface area contributed by atoms with Gasteiger partial charge < -0.3 is 0 Å². The van der Waals surface area contributed by atoms with Gasteiger partial charge in [0.05, 0.1) is 11.6 Å². The first kappa shape index (κ1) is 14.7. The highest BCUT2D eigenvalue weighted by Gasteiger charge is 2.29. The van der Waals surface area contributed by atoms with E-state index in [4.69, 9.17) is 0 Å². The summed E-state index contributed by atoms with van der Waals surface area (Å²) in [5, 5.41) is 13.3. The van der Waals surface area contributed by atoms with Crippen LogP contribution in [-0.2, 0) is 16.6 Å². The molecule has 1 aliphatic heterocycles. The van der Waals surface area contributed by atoms with Gasteiger partial charge in [0.25, 0.3) is 0 Å². The molecular formula is C14H15N5O2S. The van der Waals surface area contributed by atoms with Gasteiger partial charge in [-0.05, 0) is 31.4 Å². The highest BCUT2D eigenvalue weighted by atomic mass is 32.2. The Bertz CT molecular complexity index is 850. The number of benzene rings is 1. The van der Waals surface area contributed by atoms with Crippen molar-refractivity contribution in [3.05, 3.63) is 41.5 Å². The first-order chi connectivity index (χ1) is 10.5. The minimum absolute atomic E-state index is 0.00615. The first-order valence-corrected chi connectivity index (χ1v) is 8.41. The molecule has 0 spiro atoms. The van der Waals surface area contributed by atoms with Crippen LogP contribution < -0.4 is 4.72 Å². The van der Waals surface area contributed by atoms with Crippen LogP contribution in [0.25, 0.3) is 0 Å². The van der Waals surface area contributed by atoms with E-state index in [1.54, 1.807) is 23.7 Å². The van der Waals surface area contributed by atoms with Crippen molar-refractivity contribution < 1.29 is 8.42 Å². The molecule has 1 atom stereocenters. The lowest BCUT2D eigenvalue weighted by Gasteiger charge is -2.23. The van der Waals surface area contributed by atoms with Crippen molar-refractivity contribution >= 4 is 10.0 Å². The predicted octanol–water partition coefficient (Wildman–Crippen LogP) is 1.27. The molecule has 0 radical (unpaired) electrons. The number of nitrogens with one attached hydrogen (secondary N) is 1. The molecule has 1 unspecified atom stereocenters. The molecule has 1 aromatic carbocycles. The molecule has 22 heavy (non-hydrogen) atoms. The van der Waals surface area contributed by atoms with Gasteiger partial charge in [-0.3, -0.25) is 0 Å². The SMILES string of the molecule is Cc1cccc(S(=O)(=O)NC2CCCn3ncnc32)c1C#N. The Kier molecular flexibility index (Phi) is 3.68. The lowest BCUT2D eigenvalue weighted by Crippen LogP contribution is -2.33. The number of sulfonamides is 1. The molecule has 0 bridgehead atoms. The largest absolute Gasteiger partial charge is 0.248 e. The van der Waals surface area contributed by atoms with Crippen molar-refractivity contribution in [1.82, 2.24) is 19.5 Å². The summed E-state index contributed by atoms with van der Waals surface area (Å²) < 4.78 is 29.6. The molecule has 0 saturated heterocycles. The summed E-state index contributed by atoms with van der Waals surface area (Å²) in [7, 11) is -3.80. The molecule has 7 nitrogen and oxygen atoms in total. The van der Waals surface area contributed by atoms with Gasteiger partial charge in [-0.15, -0.1) is 0 Å². The topological polar surface area (TPSA) is 101 Å². The third-order valence-corrected chi connectivity index (χ3v) is 5.27. The van der Waals surface area contributed by atoms with Gasteiger partial charge >= 0.3 is 0 Å². The number of rotatable bonds is 3. The molecule has 2 heterocycles. The quantitative estimate of drug-likeness (QED) is 0.918. The van der Waals surface area contributed by atoms with Gasteiger partial charge in [-0.1, -0.05) is 12.1 Å². The molecule has 8 heteroatoms. The van der Waals surface area contributed by atoms with Crippen LogP contribution in [0, 0.1) is 18.3 Å². The molecule has 1 aromatic heterocycles. The second kappa shape index (κ2) is 5.51. The van der Waals surface area contributed by atoms with Crippen molar-refractivity contribution in [3.63, 3.8) is 0 Å². The fraction of sp³-hybridized carbons (Fsp3) is 0.357. The number of fused-ring (bicyclic) bond motifs is 1. The maximum atomic E-state index is 12.6. The Morgan fingerprint density at radius 1 is 1.45 bits per heavy atom. The Morgan fingerprint density at radius 3 is 3.05 bits per heavy atom. The van der Waals surface area contributed by atoms with Gasteiger partial charge in [0, 0.05) is 6.54 Å². The van der Waals surface area contributed by atoms with Gasteiger partial charge in [-0.2, -0.15) is 10.4 Å². The minimum atomic E-state index is -3.80. The highest BCUT2D eigenvalue weighted by Crippen LogP contribution is 2.26. The summed E-state index contributed by atoms with van der Waals surface area (Å²) in [6, 6.07) is 6.34. The standard InChI is InChI=1S/C14H15N5O2S/c1-10-4-2-6-13(11(10)8-15)22(20,21)18-12-5-3-7-19-14(12)16-9-17-19/h2,4,6,9,12,18H,3,5,7H2,1H3. The average molecular weight is 317 g/mol. The summed E-state index contributed by atoms with van der Waals surface area (Å²) >= 11 is 0. The van der Waals surface area contributed by atoms with Crippen LogP contribution in [0.5, 0.6) is 0 Å². The molecule has 3 rings (SSSR count). The Morgan fingerprint density at radius 2 is 2.27 bits per heavy atom. The fourth-order valence-electron chi connectivity index (χ4n) is 2.66. The summed E-state index contributed by atoms with van der Waals surface area (Å²) in [5.74, 6) is 0.612. The monoisotopic (exact) mass is 317 g/mol. The van der Waals surface area contributed by atoms with Crippen LogP contribution >= 0.6 is 0 Å². The predicted molar refractivity (Wildman–Crippen MR) is 78.2 cm³/mol. The Balaban J connectivity index is 1.97. The van der Waals surface area contributed by atoms with Crippen molar-refractivity contribution in [2.24, 2.45) is 0 Å². The molecule has 1 N–H and O–H groups in total. The van der Waals surface area contributed by atoms with E-state index in [2.05, 4.69) is 14.8 Å². The fourth-order valence-corrected chi connectivity index (χ4v) is 4.12. The molecular weight excluding hydrogens is 302 g/mol. The van der Waals surface area contributed by atoms with E-state index < -0.39 is 16.1 Å². The molecule has 1 aliphatic rings. The van der Waals surface area contributed by atoms with Crippen LogP contribution in [0.15, 0.2) is 29.4 Å². The summed E-state index contributed by atoms with van der Waals surface area (Å²) in [6.45, 7) is 2.45. The second-order valence-electron chi connectivity index (χ2n) is 5.22. The van der Waals surface area contributed by atoms with E-state index in [9.17, 15) is 13.7 Å². The van der Waals surface area contributed by atoms with Crippen LogP contribution in [0.3, 0.4) is 0 Å². The van der Waals surface area contributed by atoms with Crippen LogP contribution in [0.2, 0.25) is 0 Å². The molecule has 0 saturated carbocycles. The normalized spacial score (nSPS) is 17.7. The van der Waals surface area contributed by atoms with E-state index in [-0.39, 0.29) is 10.5 Å². The Hall–Kier alpha value is -2.24. The molecule has 114 valence electrons. The maximum absolute atomic E-state index is 12.6. The number of nitrogens with zero attached hydrogens (tertiary/aromatic N) is 4. The van der Waals surface area contributed by atoms with Crippen LogP contribution in [0.4, 0.5) is 0 Å². The smallest absolute Gasteiger partial charge is 0.242 e. The number of nitriles is 1. The molecule has 0 aliphatic carbocycles. The first-order valence-electron chi connectivity index (χ1n) is 6.92. The van der Waals surface area contributed by atoms with E-state index in [0.29, 0.717) is 17.8 Å². The molecule has 2 aromatic rings. The van der Waals surface area contributed by atoms with E-state index in [1.165, 1.54) is 12.4 Å². The highest BCUT2D eigenvalue weighted by molar-refractivity contribution is 7.89. The third kappa shape index (κ3) is 2.49. The zero-order valence-corrected chi connectivity index (χ0v) is 12.8. The van der Waals surface area contributed by atoms with Gasteiger partial charge in [0.2, 0.25) is 10.0 Å². The van der Waals surface area contributed by atoms with Crippen molar-refractivity contribution in [1.29, 1.82) is 5.26 Å². The van der Waals surface area contributed by atoms with Gasteiger partial charge in [0.1, 0.15) is 23.1 Å². The van der Waals surface area contributed by atoms with E-state index >= 15 is 0 Å². The van der Waals surface area contributed by atoms with Crippen molar-refractivity contribution in [2.75, 3.05) is 0 Å². The molecule has 0 amide bonds. The van der Waals surface area contributed by atoms with Crippen LogP contribution in [0.1, 0.15) is 35.8 Å². The van der Waals surface area contributed by atoms with Crippen LogP contribution in [-0.4, -0.2) is 23.2 Å². The summed E-state index contributed by atoms with van der Waals surface area (Å²) in [6.07, 6.45) is 2.91. The molecule has 0 fully saturated rings. The zero-order valence-electron chi connectivity index (χ0n) is 12.0. The van der Waals surface area contributed by atoms with Crippen molar-refractivity contribution in [3.8, 4) is 6.07 Å². The number of aryl methyl sites for hydroxylation is 2. The van der Waals surface area contributed by atoms with E-state index in [1.807, 2.05) is 6.07 Å². The number of aromatic nitrogens is 3. The maximum Gasteiger partial charge on any atom is 0.242 e. The van der Waals surface area contributed by atoms with Gasteiger partial charge in [0.15, 0.2) is 0 Å². The zero-order chi connectivity index (χ0) is 15.7. The summed E-state index contributed by atoms with van der Waals surface area (Å²) in [4.78, 5) is 4.14. The number of hydrogen-bond donors (Lipinski definition) is 1.